The minimum absolute atomic E-state index is 0.542. The fourth-order valence-corrected chi connectivity index (χ4v) is 0.731. The van der Waals surface area contributed by atoms with Crippen molar-refractivity contribution in [1.29, 1.82) is 0 Å². The predicted molar refractivity (Wildman–Crippen MR) is 38.8 cm³/mol. The maximum atomic E-state index is 9.82. The average Bonchev–Trinajstić information content (AvgIpc) is 2.43. The van der Waals surface area contributed by atoms with Crippen LogP contribution in [0.15, 0.2) is 11.6 Å². The van der Waals surface area contributed by atoms with Gasteiger partial charge in [0.05, 0.1) is 0 Å². The number of carbonyl (C=O) groups excluding carboxylic acids is 1. The lowest BCUT2D eigenvalue weighted by Gasteiger charge is -1.65. The van der Waals surface area contributed by atoms with E-state index < -0.39 is 0 Å². The van der Waals surface area contributed by atoms with E-state index in [1.54, 1.807) is 11.6 Å². The van der Waals surface area contributed by atoms with Crippen LogP contribution in [0.1, 0.15) is 23.6 Å². The molecule has 0 spiro atoms. The van der Waals surface area contributed by atoms with Gasteiger partial charge in [-0.15, -0.1) is 11.3 Å². The molecular weight excluding hydrogens is 134 g/mol. The Bertz CT molecular complexity index is 148. The molecule has 0 aliphatic rings. The summed E-state index contributed by atoms with van der Waals surface area (Å²) in [6.45, 7) is 4.00. The zero-order valence-electron chi connectivity index (χ0n) is 5.50. The maximum absolute atomic E-state index is 9.82. The third kappa shape index (κ3) is 2.98. The van der Waals surface area contributed by atoms with Crippen molar-refractivity contribution in [2.45, 2.75) is 13.8 Å². The Labute approximate surface area is 58.6 Å². The number of thiazole rings is 1. The van der Waals surface area contributed by atoms with Crippen molar-refractivity contribution in [3.05, 3.63) is 16.6 Å². The topological polar surface area (TPSA) is 30.0 Å². The van der Waals surface area contributed by atoms with E-state index in [1.165, 1.54) is 11.3 Å². The number of rotatable bonds is 1. The van der Waals surface area contributed by atoms with Gasteiger partial charge in [0.2, 0.25) is 0 Å². The third-order valence-corrected chi connectivity index (χ3v) is 1.25. The molecule has 1 heterocycles. The molecule has 0 fully saturated rings. The van der Waals surface area contributed by atoms with E-state index in [4.69, 9.17) is 0 Å². The van der Waals surface area contributed by atoms with E-state index in [9.17, 15) is 4.79 Å². The lowest BCUT2D eigenvalue weighted by molar-refractivity contribution is 0.112. The number of carbonyl (C=O) groups is 1. The van der Waals surface area contributed by atoms with Gasteiger partial charge in [-0.1, -0.05) is 13.8 Å². The number of nitrogens with zero attached hydrogens (tertiary/aromatic N) is 1. The van der Waals surface area contributed by atoms with Crippen LogP contribution in [0.25, 0.3) is 0 Å². The van der Waals surface area contributed by atoms with Crippen LogP contribution < -0.4 is 0 Å². The van der Waals surface area contributed by atoms with Gasteiger partial charge in [-0.3, -0.25) is 4.79 Å². The van der Waals surface area contributed by atoms with E-state index in [0.717, 1.165) is 6.29 Å². The lowest BCUT2D eigenvalue weighted by Crippen LogP contribution is -1.69. The molecule has 0 aromatic carbocycles. The van der Waals surface area contributed by atoms with E-state index in [1.807, 2.05) is 13.8 Å². The number of aldehydes is 1. The lowest BCUT2D eigenvalue weighted by atomic mass is 10.8. The molecule has 50 valence electrons. The van der Waals surface area contributed by atoms with Crippen LogP contribution in [0.3, 0.4) is 0 Å². The Morgan fingerprint density at radius 1 is 1.67 bits per heavy atom. The molecule has 0 bridgehead atoms. The first-order valence-corrected chi connectivity index (χ1v) is 3.66. The minimum Gasteiger partial charge on any atom is -0.295 e. The first-order valence-electron chi connectivity index (χ1n) is 2.78. The monoisotopic (exact) mass is 143 g/mol. The van der Waals surface area contributed by atoms with Gasteiger partial charge in [-0.2, -0.15) is 0 Å². The van der Waals surface area contributed by atoms with Crippen LogP contribution in [0.2, 0.25) is 0 Å². The van der Waals surface area contributed by atoms with Gasteiger partial charge in [0.15, 0.2) is 11.3 Å². The smallest absolute Gasteiger partial charge is 0.178 e. The molecule has 0 amide bonds. The van der Waals surface area contributed by atoms with Crippen molar-refractivity contribution in [3.8, 4) is 0 Å². The van der Waals surface area contributed by atoms with Gasteiger partial charge >= 0.3 is 0 Å². The molecule has 1 aromatic rings. The molecule has 0 saturated heterocycles. The summed E-state index contributed by atoms with van der Waals surface area (Å²) in [6.07, 6.45) is 2.35. The molecule has 0 radical (unpaired) electrons. The highest BCUT2D eigenvalue weighted by molar-refractivity contribution is 7.11. The third-order valence-electron chi connectivity index (χ3n) is 0.552. The van der Waals surface area contributed by atoms with Crippen molar-refractivity contribution in [3.63, 3.8) is 0 Å². The second kappa shape index (κ2) is 5.44. The fourth-order valence-electron chi connectivity index (χ4n) is 0.293. The van der Waals surface area contributed by atoms with Crippen LogP contribution in [0, 0.1) is 0 Å². The summed E-state index contributed by atoms with van der Waals surface area (Å²) in [5.41, 5.74) is 0. The second-order valence-corrected chi connectivity index (χ2v) is 1.91. The summed E-state index contributed by atoms with van der Waals surface area (Å²) in [4.78, 5) is 13.5. The van der Waals surface area contributed by atoms with Gasteiger partial charge in [-0.25, -0.2) is 4.98 Å². The number of hydrogen-bond acceptors (Lipinski definition) is 3. The average molecular weight is 143 g/mol. The van der Waals surface area contributed by atoms with E-state index >= 15 is 0 Å². The molecule has 3 heteroatoms. The van der Waals surface area contributed by atoms with Gasteiger partial charge in [0, 0.05) is 11.6 Å². The fraction of sp³-hybridized carbons (Fsp3) is 0.333. The van der Waals surface area contributed by atoms with Gasteiger partial charge in [0.25, 0.3) is 0 Å². The second-order valence-electron chi connectivity index (χ2n) is 0.988. The highest BCUT2D eigenvalue weighted by Crippen LogP contribution is 1.97. The molecule has 0 aliphatic heterocycles. The molecule has 2 nitrogen and oxygen atoms in total. The van der Waals surface area contributed by atoms with Gasteiger partial charge in [-0.05, 0) is 0 Å². The largest absolute Gasteiger partial charge is 0.295 e. The number of aromatic nitrogens is 1. The Morgan fingerprint density at radius 2 is 2.33 bits per heavy atom. The zero-order chi connectivity index (χ0) is 7.11. The molecule has 0 atom stereocenters. The molecule has 0 aliphatic carbocycles. The predicted octanol–water partition coefficient (Wildman–Crippen LogP) is 1.98. The van der Waals surface area contributed by atoms with E-state index in [0.29, 0.717) is 5.01 Å². The van der Waals surface area contributed by atoms with Crippen molar-refractivity contribution in [2.24, 2.45) is 0 Å². The SMILES string of the molecule is CC.O=Cc1nccs1. The quantitative estimate of drug-likeness (QED) is 0.563. The summed E-state index contributed by atoms with van der Waals surface area (Å²) in [7, 11) is 0. The normalized spacial score (nSPS) is 7.33. The summed E-state index contributed by atoms with van der Waals surface area (Å²) < 4.78 is 0. The van der Waals surface area contributed by atoms with Crippen molar-refractivity contribution in [1.82, 2.24) is 4.98 Å². The molecular formula is C6H9NOS. The first kappa shape index (κ1) is 8.30. The number of hydrogen-bond donors (Lipinski definition) is 0. The van der Waals surface area contributed by atoms with E-state index in [-0.39, 0.29) is 0 Å². The van der Waals surface area contributed by atoms with Crippen LogP contribution in [0.4, 0.5) is 0 Å². The van der Waals surface area contributed by atoms with Crippen LogP contribution >= 0.6 is 11.3 Å². The van der Waals surface area contributed by atoms with Gasteiger partial charge < -0.3 is 0 Å². The Hall–Kier alpha value is -0.700. The molecule has 0 N–H and O–H groups in total. The Kier molecular flexibility index (Phi) is 5.01. The van der Waals surface area contributed by atoms with Crippen molar-refractivity contribution < 1.29 is 4.79 Å². The zero-order valence-corrected chi connectivity index (χ0v) is 6.31. The highest BCUT2D eigenvalue weighted by atomic mass is 32.1. The van der Waals surface area contributed by atoms with Gasteiger partial charge in [0.1, 0.15) is 0 Å². The van der Waals surface area contributed by atoms with Crippen molar-refractivity contribution >= 4 is 17.6 Å². The van der Waals surface area contributed by atoms with Crippen LogP contribution in [0.5, 0.6) is 0 Å². The summed E-state index contributed by atoms with van der Waals surface area (Å²) in [5, 5.41) is 2.31. The molecule has 1 rings (SSSR count). The van der Waals surface area contributed by atoms with Crippen LogP contribution in [-0.4, -0.2) is 11.3 Å². The van der Waals surface area contributed by atoms with Crippen LogP contribution in [-0.2, 0) is 0 Å². The minimum atomic E-state index is 0.542. The molecule has 0 unspecified atom stereocenters. The Balaban J connectivity index is 0.000000291. The maximum Gasteiger partial charge on any atom is 0.178 e. The summed E-state index contributed by atoms with van der Waals surface area (Å²) in [6, 6.07) is 0. The highest BCUT2D eigenvalue weighted by Gasteiger charge is 1.84. The Morgan fingerprint density at radius 3 is 2.56 bits per heavy atom. The first-order chi connectivity index (χ1) is 4.43. The van der Waals surface area contributed by atoms with Crippen molar-refractivity contribution in [2.75, 3.05) is 0 Å². The standard InChI is InChI=1S/C4H3NOS.C2H6/c6-3-4-5-1-2-7-4;1-2/h1-3H;1-2H3. The molecule has 1 aromatic heterocycles. The summed E-state index contributed by atoms with van der Waals surface area (Å²) >= 11 is 1.34. The van der Waals surface area contributed by atoms with E-state index in [2.05, 4.69) is 4.98 Å². The molecule has 0 saturated carbocycles. The summed E-state index contributed by atoms with van der Waals surface area (Å²) in [5.74, 6) is 0. The molecule has 9 heavy (non-hydrogen) atoms.